The zero-order valence-corrected chi connectivity index (χ0v) is 13.2. The molecule has 0 saturated heterocycles. The maximum absolute atomic E-state index is 12.4. The average molecular weight is 325 g/mol. The van der Waals surface area contributed by atoms with Crippen LogP contribution in [-0.2, 0) is 9.59 Å². The summed E-state index contributed by atoms with van der Waals surface area (Å²) in [7, 11) is 0. The molecule has 0 aliphatic rings. The highest BCUT2D eigenvalue weighted by Gasteiger charge is 2.28. The lowest BCUT2D eigenvalue weighted by Gasteiger charge is -2.22. The molecule has 5 nitrogen and oxygen atoms in total. The number of aliphatic carboxylic acids is 1. The summed E-state index contributed by atoms with van der Waals surface area (Å²) in [6.45, 7) is 1.64. The lowest BCUT2D eigenvalue weighted by atomic mass is 10.0. The fourth-order valence-electron chi connectivity index (χ4n) is 2.27. The number of benzene rings is 2. The van der Waals surface area contributed by atoms with Gasteiger partial charge in [0.15, 0.2) is 6.10 Å². The van der Waals surface area contributed by atoms with Crippen molar-refractivity contribution in [1.29, 1.82) is 0 Å². The zero-order valence-electron chi connectivity index (χ0n) is 13.2. The number of nitrogens with one attached hydrogen (secondary N) is 1. The maximum Gasteiger partial charge on any atom is 0.335 e. The van der Waals surface area contributed by atoms with Gasteiger partial charge in [0.05, 0.1) is 6.04 Å². The molecule has 2 aromatic rings. The van der Waals surface area contributed by atoms with Crippen molar-refractivity contribution in [3.05, 3.63) is 77.4 Å². The van der Waals surface area contributed by atoms with Gasteiger partial charge < -0.3 is 15.5 Å². The monoisotopic (exact) mass is 325 g/mol. The molecule has 0 aromatic heterocycles. The topological polar surface area (TPSA) is 86.6 Å². The van der Waals surface area contributed by atoms with Crippen LogP contribution in [0.4, 0.5) is 0 Å². The summed E-state index contributed by atoms with van der Waals surface area (Å²) in [5.74, 6) is -1.83. The Morgan fingerprint density at radius 3 is 2.08 bits per heavy atom. The summed E-state index contributed by atoms with van der Waals surface area (Å²) in [6.07, 6.45) is -0.0364. The van der Waals surface area contributed by atoms with Crippen molar-refractivity contribution in [3.63, 3.8) is 0 Å². The third-order valence-corrected chi connectivity index (χ3v) is 3.55. The first-order valence-electron chi connectivity index (χ1n) is 7.49. The van der Waals surface area contributed by atoms with E-state index in [0.29, 0.717) is 11.1 Å². The summed E-state index contributed by atoms with van der Waals surface area (Å²) in [6, 6.07) is 16.8. The number of aliphatic hydroxyl groups is 1. The molecule has 2 aromatic carbocycles. The van der Waals surface area contributed by atoms with Crippen LogP contribution in [0.5, 0.6) is 0 Å². The van der Waals surface area contributed by atoms with Crippen LogP contribution in [-0.4, -0.2) is 28.2 Å². The SMILES string of the molecule is CC(=Cc1ccccc1)C(=O)NC(c1ccccc1)C(O)C(=O)O. The highest BCUT2D eigenvalue weighted by atomic mass is 16.4. The molecule has 24 heavy (non-hydrogen) atoms. The highest BCUT2D eigenvalue weighted by molar-refractivity contribution is 5.97. The number of aliphatic hydroxyl groups excluding tert-OH is 1. The van der Waals surface area contributed by atoms with Crippen molar-refractivity contribution < 1.29 is 19.8 Å². The molecule has 2 atom stereocenters. The van der Waals surface area contributed by atoms with Gasteiger partial charge in [-0.1, -0.05) is 60.7 Å². The van der Waals surface area contributed by atoms with Gasteiger partial charge in [-0.05, 0) is 24.1 Å². The zero-order chi connectivity index (χ0) is 17.5. The minimum absolute atomic E-state index is 0.416. The molecule has 0 radical (unpaired) electrons. The van der Waals surface area contributed by atoms with E-state index in [9.17, 15) is 14.7 Å². The molecule has 1 amide bonds. The maximum atomic E-state index is 12.4. The van der Waals surface area contributed by atoms with Crippen molar-refractivity contribution in [3.8, 4) is 0 Å². The number of hydrogen-bond acceptors (Lipinski definition) is 3. The molecular formula is C19H19NO4. The first kappa shape index (κ1) is 17.4. The lowest BCUT2D eigenvalue weighted by Crippen LogP contribution is -2.40. The Labute approximate surface area is 140 Å². The predicted octanol–water partition coefficient (Wildman–Crippen LogP) is 2.39. The molecule has 5 heteroatoms. The fraction of sp³-hybridized carbons (Fsp3) is 0.158. The van der Waals surface area contributed by atoms with Crippen LogP contribution in [0.3, 0.4) is 0 Å². The molecule has 0 spiro atoms. The van der Waals surface area contributed by atoms with Gasteiger partial charge >= 0.3 is 5.97 Å². The molecule has 0 fully saturated rings. The number of carboxylic acids is 1. The van der Waals surface area contributed by atoms with Crippen LogP contribution in [0.2, 0.25) is 0 Å². The van der Waals surface area contributed by atoms with Gasteiger partial charge in [-0.2, -0.15) is 0 Å². The third kappa shape index (κ3) is 4.54. The van der Waals surface area contributed by atoms with E-state index in [1.165, 1.54) is 0 Å². The number of carboxylic acid groups (broad SMARTS) is 1. The number of rotatable bonds is 6. The molecule has 0 saturated carbocycles. The normalized spacial score (nSPS) is 13.8. The van der Waals surface area contributed by atoms with Crippen LogP contribution < -0.4 is 5.32 Å². The van der Waals surface area contributed by atoms with E-state index in [0.717, 1.165) is 5.56 Å². The van der Waals surface area contributed by atoms with Crippen molar-refractivity contribution >= 4 is 18.0 Å². The van der Waals surface area contributed by atoms with Crippen LogP contribution in [0.25, 0.3) is 6.08 Å². The van der Waals surface area contributed by atoms with Crippen molar-refractivity contribution in [1.82, 2.24) is 5.32 Å². The lowest BCUT2D eigenvalue weighted by molar-refractivity contribution is -0.148. The molecule has 0 heterocycles. The smallest absolute Gasteiger partial charge is 0.335 e. The minimum Gasteiger partial charge on any atom is -0.479 e. The Morgan fingerprint density at radius 1 is 1.00 bits per heavy atom. The molecule has 3 N–H and O–H groups in total. The second-order valence-corrected chi connectivity index (χ2v) is 5.38. The quantitative estimate of drug-likeness (QED) is 0.712. The van der Waals surface area contributed by atoms with Gasteiger partial charge in [-0.25, -0.2) is 4.79 Å². The van der Waals surface area contributed by atoms with Crippen LogP contribution in [0, 0.1) is 0 Å². The first-order chi connectivity index (χ1) is 11.5. The van der Waals surface area contributed by atoms with Crippen molar-refractivity contribution in [2.24, 2.45) is 0 Å². The van der Waals surface area contributed by atoms with E-state index in [4.69, 9.17) is 5.11 Å². The molecule has 0 bridgehead atoms. The van der Waals surface area contributed by atoms with Crippen molar-refractivity contribution in [2.75, 3.05) is 0 Å². The van der Waals surface area contributed by atoms with E-state index >= 15 is 0 Å². The summed E-state index contributed by atoms with van der Waals surface area (Å²) in [5.41, 5.74) is 1.80. The van der Waals surface area contributed by atoms with Crippen molar-refractivity contribution in [2.45, 2.75) is 19.1 Å². The summed E-state index contributed by atoms with van der Waals surface area (Å²) < 4.78 is 0. The average Bonchev–Trinajstić information content (AvgIpc) is 2.60. The Morgan fingerprint density at radius 2 is 1.54 bits per heavy atom. The summed E-state index contributed by atoms with van der Waals surface area (Å²) >= 11 is 0. The van der Waals surface area contributed by atoms with E-state index in [-0.39, 0.29) is 0 Å². The molecule has 0 aliphatic heterocycles. The van der Waals surface area contributed by atoms with Gasteiger partial charge in [-0.15, -0.1) is 0 Å². The number of amides is 1. The predicted molar refractivity (Wildman–Crippen MR) is 91.1 cm³/mol. The minimum atomic E-state index is -1.74. The largest absolute Gasteiger partial charge is 0.479 e. The van der Waals surface area contributed by atoms with Crippen LogP contribution in [0.15, 0.2) is 66.2 Å². The summed E-state index contributed by atoms with van der Waals surface area (Å²) in [4.78, 5) is 23.5. The third-order valence-electron chi connectivity index (χ3n) is 3.55. The number of carbonyl (C=O) groups excluding carboxylic acids is 1. The Balaban J connectivity index is 2.21. The van der Waals surface area contributed by atoms with Gasteiger partial charge in [0.1, 0.15) is 0 Å². The van der Waals surface area contributed by atoms with Gasteiger partial charge in [0.25, 0.3) is 0 Å². The van der Waals surface area contributed by atoms with Gasteiger partial charge in [0.2, 0.25) is 5.91 Å². The molecule has 2 unspecified atom stereocenters. The van der Waals surface area contributed by atoms with Gasteiger partial charge in [0, 0.05) is 5.57 Å². The first-order valence-corrected chi connectivity index (χ1v) is 7.49. The molecule has 0 aliphatic carbocycles. The fourth-order valence-corrected chi connectivity index (χ4v) is 2.27. The molecule has 124 valence electrons. The van der Waals surface area contributed by atoms with Crippen LogP contribution in [0.1, 0.15) is 24.1 Å². The second-order valence-electron chi connectivity index (χ2n) is 5.38. The summed E-state index contributed by atoms with van der Waals surface area (Å²) in [5, 5.41) is 21.6. The van der Waals surface area contributed by atoms with E-state index in [1.54, 1.807) is 43.3 Å². The van der Waals surface area contributed by atoms with E-state index in [1.807, 2.05) is 30.3 Å². The van der Waals surface area contributed by atoms with E-state index < -0.39 is 24.0 Å². The highest BCUT2D eigenvalue weighted by Crippen LogP contribution is 2.18. The Kier molecular flexibility index (Phi) is 5.87. The number of carbonyl (C=O) groups is 2. The number of hydrogen-bond donors (Lipinski definition) is 3. The standard InChI is InChI=1S/C19H19NO4/c1-13(12-14-8-4-2-5-9-14)18(22)20-16(17(21)19(23)24)15-10-6-3-7-11-15/h2-12,16-17,21H,1H3,(H,20,22)(H,23,24). The van der Waals surface area contributed by atoms with E-state index in [2.05, 4.69) is 5.32 Å². The molecule has 2 rings (SSSR count). The second kappa shape index (κ2) is 8.08. The van der Waals surface area contributed by atoms with Gasteiger partial charge in [-0.3, -0.25) is 4.79 Å². The Bertz CT molecular complexity index is 726. The molecular weight excluding hydrogens is 306 g/mol. The van der Waals surface area contributed by atoms with Crippen LogP contribution >= 0.6 is 0 Å². The Hall–Kier alpha value is -2.92.